The molecule has 0 spiro atoms. The smallest absolute Gasteiger partial charge is 0.228 e. The first-order valence-corrected chi connectivity index (χ1v) is 7.17. The van der Waals surface area contributed by atoms with Gasteiger partial charge in [-0.2, -0.15) is 0 Å². The zero-order valence-electron chi connectivity index (χ0n) is 13.4. The molecule has 0 aliphatic heterocycles. The summed E-state index contributed by atoms with van der Waals surface area (Å²) in [4.78, 5) is 14.5. The van der Waals surface area contributed by atoms with Gasteiger partial charge in [-0.3, -0.25) is 4.79 Å². The molecule has 0 aliphatic rings. The van der Waals surface area contributed by atoms with Gasteiger partial charge < -0.3 is 10.6 Å². The molecule has 0 atom stereocenters. The number of amides is 1. The van der Waals surface area contributed by atoms with Crippen LogP contribution in [0.15, 0.2) is 30.3 Å². The lowest BCUT2D eigenvalue weighted by Crippen LogP contribution is -2.45. The van der Waals surface area contributed by atoms with E-state index in [4.69, 9.17) is 5.73 Å². The Labute approximate surface area is 123 Å². The lowest BCUT2D eigenvalue weighted by atomic mass is 9.83. The Morgan fingerprint density at radius 3 is 2.20 bits per heavy atom. The summed E-state index contributed by atoms with van der Waals surface area (Å²) >= 11 is 0. The van der Waals surface area contributed by atoms with Crippen LogP contribution >= 0.6 is 0 Å². The van der Waals surface area contributed by atoms with Crippen molar-refractivity contribution in [3.63, 3.8) is 0 Å². The Kier molecular flexibility index (Phi) is 5.35. The van der Waals surface area contributed by atoms with Gasteiger partial charge in [0.25, 0.3) is 0 Å². The molecule has 0 bridgehead atoms. The summed E-state index contributed by atoms with van der Waals surface area (Å²) in [5, 5.41) is 0. The second-order valence-corrected chi connectivity index (χ2v) is 7.08. The molecule has 0 fully saturated rings. The van der Waals surface area contributed by atoms with E-state index < -0.39 is 5.41 Å². The first-order valence-electron chi connectivity index (χ1n) is 7.17. The standard InChI is InChI=1S/C17H28N2O/c1-16(2,12-18)13-19(5)15(20)17(3,4)11-14-9-7-6-8-10-14/h6-10H,11-13,18H2,1-5H3. The molecule has 3 heteroatoms. The average molecular weight is 276 g/mol. The molecule has 1 amide bonds. The molecule has 0 aliphatic carbocycles. The van der Waals surface area contributed by atoms with Crippen LogP contribution in [-0.4, -0.2) is 30.9 Å². The first-order chi connectivity index (χ1) is 9.18. The fraction of sp³-hybridized carbons (Fsp3) is 0.588. The largest absolute Gasteiger partial charge is 0.345 e. The van der Waals surface area contributed by atoms with Crippen molar-refractivity contribution in [1.29, 1.82) is 0 Å². The molecule has 0 unspecified atom stereocenters. The third-order valence-corrected chi connectivity index (χ3v) is 3.63. The number of nitrogens with two attached hydrogens (primary N) is 1. The minimum Gasteiger partial charge on any atom is -0.345 e. The lowest BCUT2D eigenvalue weighted by Gasteiger charge is -2.34. The number of nitrogens with zero attached hydrogens (tertiary/aromatic N) is 1. The summed E-state index contributed by atoms with van der Waals surface area (Å²) in [6.45, 7) is 9.44. The van der Waals surface area contributed by atoms with Crippen LogP contribution in [0.4, 0.5) is 0 Å². The van der Waals surface area contributed by atoms with E-state index in [1.54, 1.807) is 0 Å². The Morgan fingerprint density at radius 1 is 1.15 bits per heavy atom. The Bertz CT molecular complexity index is 438. The van der Waals surface area contributed by atoms with Gasteiger partial charge in [-0.25, -0.2) is 0 Å². The Balaban J connectivity index is 2.74. The van der Waals surface area contributed by atoms with Crippen molar-refractivity contribution >= 4 is 5.91 Å². The van der Waals surface area contributed by atoms with Gasteiger partial charge in [-0.05, 0) is 23.9 Å². The van der Waals surface area contributed by atoms with Gasteiger partial charge in [0, 0.05) is 19.0 Å². The summed E-state index contributed by atoms with van der Waals surface area (Å²) in [5.74, 6) is 0.169. The second kappa shape index (κ2) is 6.40. The van der Waals surface area contributed by atoms with E-state index in [-0.39, 0.29) is 11.3 Å². The van der Waals surface area contributed by atoms with Crippen molar-refractivity contribution in [3.8, 4) is 0 Å². The normalized spacial score (nSPS) is 12.3. The average Bonchev–Trinajstić information content (AvgIpc) is 2.38. The Morgan fingerprint density at radius 2 is 1.70 bits per heavy atom. The van der Waals surface area contributed by atoms with Crippen LogP contribution in [0.25, 0.3) is 0 Å². The van der Waals surface area contributed by atoms with Crippen molar-refractivity contribution in [2.75, 3.05) is 20.1 Å². The second-order valence-electron chi connectivity index (χ2n) is 7.08. The van der Waals surface area contributed by atoms with Gasteiger partial charge in [-0.15, -0.1) is 0 Å². The van der Waals surface area contributed by atoms with Crippen molar-refractivity contribution < 1.29 is 4.79 Å². The molecule has 3 nitrogen and oxygen atoms in total. The maximum absolute atomic E-state index is 12.6. The number of hydrogen-bond donors (Lipinski definition) is 1. The van der Waals surface area contributed by atoms with Crippen LogP contribution in [-0.2, 0) is 11.2 Å². The fourth-order valence-corrected chi connectivity index (χ4v) is 2.48. The highest BCUT2D eigenvalue weighted by Crippen LogP contribution is 2.26. The van der Waals surface area contributed by atoms with Gasteiger partial charge in [-0.1, -0.05) is 58.0 Å². The molecular weight excluding hydrogens is 248 g/mol. The van der Waals surface area contributed by atoms with Crippen LogP contribution in [0.5, 0.6) is 0 Å². The van der Waals surface area contributed by atoms with Crippen LogP contribution in [0.2, 0.25) is 0 Å². The number of carbonyl (C=O) groups excluding carboxylic acids is 1. The highest BCUT2D eigenvalue weighted by molar-refractivity contribution is 5.82. The molecule has 0 radical (unpaired) electrons. The summed E-state index contributed by atoms with van der Waals surface area (Å²) in [6, 6.07) is 10.2. The number of benzene rings is 1. The summed E-state index contributed by atoms with van der Waals surface area (Å²) in [6.07, 6.45) is 0.750. The molecule has 1 rings (SSSR count). The quantitative estimate of drug-likeness (QED) is 0.868. The van der Waals surface area contributed by atoms with Gasteiger partial charge in [0.15, 0.2) is 0 Å². The molecule has 0 saturated carbocycles. The predicted molar refractivity (Wildman–Crippen MR) is 84.4 cm³/mol. The van der Waals surface area contributed by atoms with E-state index in [0.29, 0.717) is 13.1 Å². The number of hydrogen-bond acceptors (Lipinski definition) is 2. The van der Waals surface area contributed by atoms with Gasteiger partial charge in [0.2, 0.25) is 5.91 Å². The predicted octanol–water partition coefficient (Wildman–Crippen LogP) is 2.70. The molecule has 1 aromatic carbocycles. The Hall–Kier alpha value is -1.35. The molecule has 1 aromatic rings. The van der Waals surface area contributed by atoms with Crippen molar-refractivity contribution in [3.05, 3.63) is 35.9 Å². The van der Waals surface area contributed by atoms with Crippen molar-refractivity contribution in [2.45, 2.75) is 34.1 Å². The van der Waals surface area contributed by atoms with Gasteiger partial charge in [0.05, 0.1) is 0 Å². The van der Waals surface area contributed by atoms with Crippen LogP contribution in [0.3, 0.4) is 0 Å². The topological polar surface area (TPSA) is 46.3 Å². The van der Waals surface area contributed by atoms with E-state index in [0.717, 1.165) is 6.42 Å². The fourth-order valence-electron chi connectivity index (χ4n) is 2.48. The highest BCUT2D eigenvalue weighted by Gasteiger charge is 2.32. The minimum absolute atomic E-state index is 0.0484. The van der Waals surface area contributed by atoms with E-state index in [2.05, 4.69) is 26.0 Å². The van der Waals surface area contributed by atoms with Crippen molar-refractivity contribution in [1.82, 2.24) is 4.90 Å². The van der Waals surface area contributed by atoms with Crippen LogP contribution < -0.4 is 5.73 Å². The van der Waals surface area contributed by atoms with Crippen LogP contribution in [0.1, 0.15) is 33.3 Å². The zero-order chi connectivity index (χ0) is 15.4. The van der Waals surface area contributed by atoms with E-state index >= 15 is 0 Å². The maximum atomic E-state index is 12.6. The molecule has 0 heterocycles. The van der Waals surface area contributed by atoms with Crippen LogP contribution in [0, 0.1) is 10.8 Å². The molecular formula is C17H28N2O. The monoisotopic (exact) mass is 276 g/mol. The lowest BCUT2D eigenvalue weighted by molar-refractivity contribution is -0.140. The summed E-state index contributed by atoms with van der Waals surface area (Å²) in [5.41, 5.74) is 6.49. The molecule has 20 heavy (non-hydrogen) atoms. The van der Waals surface area contributed by atoms with Crippen molar-refractivity contribution in [2.24, 2.45) is 16.6 Å². The van der Waals surface area contributed by atoms with E-state index in [1.807, 2.05) is 44.0 Å². The number of rotatable bonds is 6. The van der Waals surface area contributed by atoms with Gasteiger partial charge >= 0.3 is 0 Å². The first kappa shape index (κ1) is 16.7. The molecule has 0 saturated heterocycles. The third-order valence-electron chi connectivity index (χ3n) is 3.63. The molecule has 112 valence electrons. The SMILES string of the molecule is CN(CC(C)(C)CN)C(=O)C(C)(C)Cc1ccccc1. The summed E-state index contributed by atoms with van der Waals surface area (Å²) in [7, 11) is 1.87. The van der Waals surface area contributed by atoms with E-state index in [9.17, 15) is 4.79 Å². The minimum atomic E-state index is -0.402. The summed E-state index contributed by atoms with van der Waals surface area (Å²) < 4.78 is 0. The molecule has 2 N–H and O–H groups in total. The number of carbonyl (C=O) groups is 1. The third kappa shape index (κ3) is 4.64. The van der Waals surface area contributed by atoms with E-state index in [1.165, 1.54) is 5.56 Å². The van der Waals surface area contributed by atoms with Gasteiger partial charge in [0.1, 0.15) is 0 Å². The maximum Gasteiger partial charge on any atom is 0.228 e. The molecule has 0 aromatic heterocycles. The highest BCUT2D eigenvalue weighted by atomic mass is 16.2. The zero-order valence-corrected chi connectivity index (χ0v) is 13.4.